The smallest absolute Gasteiger partial charge is 0.251 e. The Balaban J connectivity index is 1.41. The maximum atomic E-state index is 12.8. The van der Waals surface area contributed by atoms with Crippen LogP contribution in [-0.2, 0) is 16.6 Å². The molecule has 10 heteroatoms. The molecule has 1 atom stereocenters. The van der Waals surface area contributed by atoms with Crippen LogP contribution in [0.2, 0.25) is 0 Å². The van der Waals surface area contributed by atoms with Crippen LogP contribution in [0.15, 0.2) is 64.9 Å². The van der Waals surface area contributed by atoms with Gasteiger partial charge in [-0.05, 0) is 61.4 Å². The van der Waals surface area contributed by atoms with Crippen LogP contribution in [0.5, 0.6) is 11.5 Å². The number of sulfonamides is 1. The van der Waals surface area contributed by atoms with Crippen LogP contribution in [0, 0.1) is 0 Å². The average molecular weight is 488 g/mol. The van der Waals surface area contributed by atoms with Gasteiger partial charge in [0.25, 0.3) is 5.91 Å². The monoisotopic (exact) mass is 487 g/mol. The number of likely N-dealkylation sites (N-methyl/N-ethyl adjacent to an activating group) is 1. The number of nitrogens with one attached hydrogen (secondary N) is 2. The highest BCUT2D eigenvalue weighted by atomic mass is 32.2. The molecule has 2 heterocycles. The third kappa shape index (κ3) is 5.53. The summed E-state index contributed by atoms with van der Waals surface area (Å²) in [5.74, 6) is 0.895. The van der Waals surface area contributed by atoms with Crippen molar-refractivity contribution in [2.24, 2.45) is 0 Å². The van der Waals surface area contributed by atoms with Gasteiger partial charge in [-0.25, -0.2) is 13.1 Å². The van der Waals surface area contributed by atoms with Crippen LogP contribution >= 0.6 is 11.3 Å². The standard InChI is InChI=1S/C23H25N3O5S2/c1-26(2)19(22-7-4-10-32-22)14-24-23(27)17-5-3-6-18(12-17)33(28,29)25-13-16-8-9-20-21(11-16)31-15-30-20/h3-12,19,25H,13-15H2,1-2H3,(H,24,27)/t19-/m1/s1. The molecule has 0 bridgehead atoms. The first-order valence-corrected chi connectivity index (χ1v) is 12.7. The second-order valence-electron chi connectivity index (χ2n) is 7.74. The molecule has 0 spiro atoms. The molecule has 1 aliphatic rings. The molecule has 0 radical (unpaired) electrons. The molecule has 0 fully saturated rings. The number of carbonyl (C=O) groups excluding carboxylic acids is 1. The van der Waals surface area contributed by atoms with E-state index in [1.807, 2.05) is 36.5 Å². The molecule has 1 aromatic heterocycles. The Morgan fingerprint density at radius 1 is 1.09 bits per heavy atom. The lowest BCUT2D eigenvalue weighted by Crippen LogP contribution is -2.34. The second kappa shape index (κ2) is 9.92. The Hall–Kier alpha value is -2.92. The van der Waals surface area contributed by atoms with Crippen molar-refractivity contribution in [2.75, 3.05) is 27.4 Å². The maximum Gasteiger partial charge on any atom is 0.251 e. The molecule has 1 aliphatic heterocycles. The van der Waals surface area contributed by atoms with Crippen LogP contribution in [0.25, 0.3) is 0 Å². The highest BCUT2D eigenvalue weighted by molar-refractivity contribution is 7.89. The third-order valence-electron chi connectivity index (χ3n) is 5.26. The predicted octanol–water partition coefficient (Wildman–Crippen LogP) is 2.99. The summed E-state index contributed by atoms with van der Waals surface area (Å²) >= 11 is 1.63. The van der Waals surface area contributed by atoms with Crippen molar-refractivity contribution in [2.45, 2.75) is 17.5 Å². The lowest BCUT2D eigenvalue weighted by atomic mass is 10.2. The van der Waals surface area contributed by atoms with Crippen molar-refractivity contribution in [3.05, 3.63) is 76.0 Å². The van der Waals surface area contributed by atoms with E-state index in [-0.39, 0.29) is 35.7 Å². The third-order valence-corrected chi connectivity index (χ3v) is 7.63. The number of nitrogens with zero attached hydrogens (tertiary/aromatic N) is 1. The first kappa shape index (κ1) is 23.2. The number of fused-ring (bicyclic) bond motifs is 1. The second-order valence-corrected chi connectivity index (χ2v) is 10.5. The molecule has 8 nitrogen and oxygen atoms in total. The van der Waals surface area contributed by atoms with Gasteiger partial charge < -0.3 is 19.7 Å². The summed E-state index contributed by atoms with van der Waals surface area (Å²) in [6.45, 7) is 0.647. The lowest BCUT2D eigenvalue weighted by Gasteiger charge is -2.23. The molecule has 33 heavy (non-hydrogen) atoms. The van der Waals surface area contributed by atoms with Crippen molar-refractivity contribution in [3.63, 3.8) is 0 Å². The van der Waals surface area contributed by atoms with Gasteiger partial charge in [0.1, 0.15) is 0 Å². The van der Waals surface area contributed by atoms with Crippen molar-refractivity contribution in [1.29, 1.82) is 0 Å². The van der Waals surface area contributed by atoms with E-state index in [0.717, 1.165) is 10.4 Å². The zero-order valence-corrected chi connectivity index (χ0v) is 19.9. The molecule has 0 unspecified atom stereocenters. The minimum absolute atomic E-state index is 0.0262. The highest BCUT2D eigenvalue weighted by Crippen LogP contribution is 2.32. The summed E-state index contributed by atoms with van der Waals surface area (Å²) in [4.78, 5) is 15.9. The van der Waals surface area contributed by atoms with E-state index in [4.69, 9.17) is 9.47 Å². The summed E-state index contributed by atoms with van der Waals surface area (Å²) in [6.07, 6.45) is 0. The van der Waals surface area contributed by atoms with E-state index in [1.165, 1.54) is 12.1 Å². The first-order valence-electron chi connectivity index (χ1n) is 10.3. The number of carbonyl (C=O) groups is 1. The summed E-state index contributed by atoms with van der Waals surface area (Å²) in [5.41, 5.74) is 1.02. The number of amides is 1. The van der Waals surface area contributed by atoms with Crippen molar-refractivity contribution in [1.82, 2.24) is 14.9 Å². The molecular weight excluding hydrogens is 462 g/mol. The van der Waals surface area contributed by atoms with Gasteiger partial charge in [-0.3, -0.25) is 4.79 Å². The van der Waals surface area contributed by atoms with Crippen molar-refractivity contribution in [3.8, 4) is 11.5 Å². The zero-order chi connectivity index (χ0) is 23.4. The van der Waals surface area contributed by atoms with Crippen LogP contribution in [0.3, 0.4) is 0 Å². The number of thiophene rings is 1. The fraction of sp³-hybridized carbons (Fsp3) is 0.261. The van der Waals surface area contributed by atoms with E-state index in [0.29, 0.717) is 18.0 Å². The topological polar surface area (TPSA) is 97.0 Å². The zero-order valence-electron chi connectivity index (χ0n) is 18.3. The summed E-state index contributed by atoms with van der Waals surface area (Å²) in [5, 5.41) is 4.91. The summed E-state index contributed by atoms with van der Waals surface area (Å²) < 4.78 is 38.8. The average Bonchev–Trinajstić information content (AvgIpc) is 3.49. The van der Waals surface area contributed by atoms with Gasteiger partial charge in [0, 0.05) is 23.5 Å². The number of benzene rings is 2. The molecule has 0 saturated carbocycles. The SMILES string of the molecule is CN(C)[C@H](CNC(=O)c1cccc(S(=O)(=O)NCc2ccc3c(c2)OCO3)c1)c1cccs1. The van der Waals surface area contributed by atoms with E-state index in [2.05, 4.69) is 10.0 Å². The quantitative estimate of drug-likeness (QED) is 0.482. The Bertz CT molecular complexity index is 1230. The van der Waals surface area contributed by atoms with Gasteiger partial charge in [0.15, 0.2) is 11.5 Å². The van der Waals surface area contributed by atoms with Gasteiger partial charge in [-0.1, -0.05) is 18.2 Å². The number of rotatable bonds is 9. The maximum absolute atomic E-state index is 12.8. The molecule has 0 saturated heterocycles. The molecule has 1 amide bonds. The molecule has 2 N–H and O–H groups in total. The molecule has 0 aliphatic carbocycles. The Kier molecular flexibility index (Phi) is 6.99. The molecule has 4 rings (SSSR count). The Morgan fingerprint density at radius 3 is 2.67 bits per heavy atom. The molecule has 174 valence electrons. The normalized spacial score (nSPS) is 13.8. The van der Waals surface area contributed by atoms with E-state index in [1.54, 1.807) is 41.7 Å². The first-order chi connectivity index (χ1) is 15.8. The van der Waals surface area contributed by atoms with Crippen molar-refractivity contribution < 1.29 is 22.7 Å². The highest BCUT2D eigenvalue weighted by Gasteiger charge is 2.20. The van der Waals surface area contributed by atoms with Crippen LogP contribution < -0.4 is 19.5 Å². The van der Waals surface area contributed by atoms with Gasteiger partial charge in [0.05, 0.1) is 10.9 Å². The van der Waals surface area contributed by atoms with Crippen molar-refractivity contribution >= 4 is 27.3 Å². The van der Waals surface area contributed by atoms with Gasteiger partial charge in [-0.2, -0.15) is 0 Å². The van der Waals surface area contributed by atoms with Gasteiger partial charge in [0.2, 0.25) is 16.8 Å². The molecule has 2 aromatic carbocycles. The Labute approximate surface area is 197 Å². The summed E-state index contributed by atoms with van der Waals surface area (Å²) in [6, 6.07) is 15.3. The minimum atomic E-state index is -3.82. The van der Waals surface area contributed by atoms with Crippen LogP contribution in [0.4, 0.5) is 0 Å². The van der Waals surface area contributed by atoms with Gasteiger partial charge in [-0.15, -0.1) is 11.3 Å². The minimum Gasteiger partial charge on any atom is -0.454 e. The Morgan fingerprint density at radius 2 is 1.91 bits per heavy atom. The van der Waals surface area contributed by atoms with Gasteiger partial charge >= 0.3 is 0 Å². The fourth-order valence-electron chi connectivity index (χ4n) is 3.43. The van der Waals surface area contributed by atoms with E-state index >= 15 is 0 Å². The van der Waals surface area contributed by atoms with E-state index < -0.39 is 10.0 Å². The largest absolute Gasteiger partial charge is 0.454 e. The fourth-order valence-corrected chi connectivity index (χ4v) is 5.41. The number of hydrogen-bond acceptors (Lipinski definition) is 7. The molecular formula is C23H25N3O5S2. The predicted molar refractivity (Wildman–Crippen MR) is 126 cm³/mol. The number of ether oxygens (including phenoxy) is 2. The molecule has 3 aromatic rings. The van der Waals surface area contributed by atoms with Crippen LogP contribution in [-0.4, -0.2) is 46.7 Å². The van der Waals surface area contributed by atoms with E-state index in [9.17, 15) is 13.2 Å². The lowest BCUT2D eigenvalue weighted by molar-refractivity contribution is 0.0942. The van der Waals surface area contributed by atoms with Crippen LogP contribution in [0.1, 0.15) is 26.8 Å². The summed E-state index contributed by atoms with van der Waals surface area (Å²) in [7, 11) is 0.0905. The number of hydrogen-bond donors (Lipinski definition) is 2.